The van der Waals surface area contributed by atoms with Gasteiger partial charge in [0.25, 0.3) is 0 Å². The smallest absolute Gasteiger partial charge is 0.220 e. The zero-order valence-electron chi connectivity index (χ0n) is 12.0. The van der Waals surface area contributed by atoms with E-state index < -0.39 is 0 Å². The van der Waals surface area contributed by atoms with E-state index >= 15 is 0 Å². The maximum atomic E-state index is 11.7. The molecule has 1 N–H and O–H groups in total. The molecular formula is C16H17Cl2NO2S. The number of carbonyl (C=O) groups is 1. The normalized spacial score (nSPS) is 10.5. The summed E-state index contributed by atoms with van der Waals surface area (Å²) in [6.07, 6.45) is 1.96. The van der Waals surface area contributed by atoms with E-state index in [1.165, 1.54) is 4.88 Å². The second-order valence-corrected chi connectivity index (χ2v) is 6.58. The topological polar surface area (TPSA) is 38.3 Å². The molecule has 0 spiro atoms. The molecular weight excluding hydrogens is 341 g/mol. The van der Waals surface area contributed by atoms with E-state index in [1.54, 1.807) is 29.5 Å². The number of ether oxygens (including phenoxy) is 1. The van der Waals surface area contributed by atoms with E-state index in [1.807, 2.05) is 11.4 Å². The van der Waals surface area contributed by atoms with E-state index in [9.17, 15) is 4.79 Å². The van der Waals surface area contributed by atoms with Crippen molar-refractivity contribution in [2.24, 2.45) is 0 Å². The maximum Gasteiger partial charge on any atom is 0.220 e. The zero-order valence-corrected chi connectivity index (χ0v) is 14.3. The lowest BCUT2D eigenvalue weighted by molar-refractivity contribution is -0.121. The van der Waals surface area contributed by atoms with Crippen molar-refractivity contribution in [2.45, 2.75) is 19.3 Å². The van der Waals surface area contributed by atoms with E-state index in [4.69, 9.17) is 27.9 Å². The van der Waals surface area contributed by atoms with Crippen LogP contribution in [0, 0.1) is 0 Å². The van der Waals surface area contributed by atoms with E-state index in [2.05, 4.69) is 11.4 Å². The van der Waals surface area contributed by atoms with Crippen LogP contribution in [0.15, 0.2) is 35.7 Å². The molecule has 1 amide bonds. The molecule has 118 valence electrons. The molecule has 0 saturated carbocycles. The van der Waals surface area contributed by atoms with Crippen LogP contribution in [0.2, 0.25) is 10.0 Å². The second-order valence-electron chi connectivity index (χ2n) is 4.71. The van der Waals surface area contributed by atoms with Gasteiger partial charge in [0.15, 0.2) is 0 Å². The molecule has 0 saturated heterocycles. The van der Waals surface area contributed by atoms with E-state index in [0.717, 1.165) is 6.42 Å². The third-order valence-corrected chi connectivity index (χ3v) is 4.44. The first kappa shape index (κ1) is 17.1. The molecule has 0 aliphatic heterocycles. The highest BCUT2D eigenvalue weighted by Crippen LogP contribution is 2.27. The lowest BCUT2D eigenvalue weighted by atomic mass is 10.3. The number of rotatable bonds is 8. The van der Waals surface area contributed by atoms with Gasteiger partial charge in [0.2, 0.25) is 5.91 Å². The first-order valence-electron chi connectivity index (χ1n) is 7.02. The van der Waals surface area contributed by atoms with Crippen LogP contribution in [0.1, 0.15) is 17.7 Å². The molecule has 0 aliphatic carbocycles. The molecule has 0 bridgehead atoms. The summed E-state index contributed by atoms with van der Waals surface area (Å²) >= 11 is 13.5. The Morgan fingerprint density at radius 2 is 2.14 bits per heavy atom. The lowest BCUT2D eigenvalue weighted by Crippen LogP contribution is -2.25. The quantitative estimate of drug-likeness (QED) is 0.702. The Balaban J connectivity index is 1.58. The molecule has 6 heteroatoms. The minimum Gasteiger partial charge on any atom is -0.492 e. The Labute approximate surface area is 144 Å². The Morgan fingerprint density at radius 1 is 1.27 bits per heavy atom. The Morgan fingerprint density at radius 3 is 2.86 bits per heavy atom. The zero-order chi connectivity index (χ0) is 15.8. The minimum atomic E-state index is 0.0439. The summed E-state index contributed by atoms with van der Waals surface area (Å²) in [5.74, 6) is 0.631. The van der Waals surface area contributed by atoms with Gasteiger partial charge in [-0.2, -0.15) is 0 Å². The molecule has 0 fully saturated rings. The third-order valence-electron chi connectivity index (χ3n) is 2.97. The second kappa shape index (κ2) is 9.03. The SMILES string of the molecule is O=C(CCCOc1ccc(Cl)cc1Cl)NCCc1cccs1. The van der Waals surface area contributed by atoms with E-state index in [-0.39, 0.29) is 5.91 Å². The number of thiophene rings is 1. The van der Waals surface area contributed by atoms with Crippen molar-refractivity contribution in [3.63, 3.8) is 0 Å². The van der Waals surface area contributed by atoms with Crippen LogP contribution in [0.5, 0.6) is 5.75 Å². The first-order chi connectivity index (χ1) is 10.6. The fraction of sp³-hybridized carbons (Fsp3) is 0.312. The summed E-state index contributed by atoms with van der Waals surface area (Å²) in [6.45, 7) is 1.11. The van der Waals surface area contributed by atoms with Crippen molar-refractivity contribution in [1.82, 2.24) is 5.32 Å². The molecule has 2 aromatic rings. The summed E-state index contributed by atoms with van der Waals surface area (Å²) in [5.41, 5.74) is 0. The monoisotopic (exact) mass is 357 g/mol. The molecule has 1 aromatic heterocycles. The van der Waals surface area contributed by atoms with Gasteiger partial charge in [-0.3, -0.25) is 4.79 Å². The summed E-state index contributed by atoms with van der Waals surface area (Å²) in [4.78, 5) is 13.0. The Bertz CT molecular complexity index is 602. The van der Waals surface area contributed by atoms with Gasteiger partial charge in [-0.15, -0.1) is 11.3 Å². The number of nitrogens with one attached hydrogen (secondary N) is 1. The van der Waals surface area contributed by atoms with Crippen LogP contribution >= 0.6 is 34.5 Å². The predicted molar refractivity (Wildman–Crippen MR) is 92.2 cm³/mol. The first-order valence-corrected chi connectivity index (χ1v) is 8.65. The van der Waals surface area contributed by atoms with Crippen LogP contribution in [0.25, 0.3) is 0 Å². The van der Waals surface area contributed by atoms with Gasteiger partial charge >= 0.3 is 0 Å². The standard InChI is InChI=1S/C16H17Cl2NO2S/c17-12-5-6-15(14(18)11-12)21-9-1-4-16(20)19-8-7-13-3-2-10-22-13/h2-3,5-6,10-11H,1,4,7-9H2,(H,19,20). The van der Waals surface area contributed by atoms with Crippen molar-refractivity contribution >= 4 is 40.4 Å². The highest BCUT2D eigenvalue weighted by molar-refractivity contribution is 7.09. The molecule has 1 heterocycles. The maximum absolute atomic E-state index is 11.7. The molecule has 22 heavy (non-hydrogen) atoms. The average molecular weight is 358 g/mol. The van der Waals surface area contributed by atoms with Gasteiger partial charge in [0.05, 0.1) is 11.6 Å². The van der Waals surface area contributed by atoms with Crippen LogP contribution in [0.3, 0.4) is 0 Å². The van der Waals surface area contributed by atoms with Crippen molar-refractivity contribution in [3.8, 4) is 5.75 Å². The third kappa shape index (κ3) is 5.87. The Kier molecular flexibility index (Phi) is 7.03. The average Bonchev–Trinajstić information content (AvgIpc) is 2.99. The summed E-state index contributed by atoms with van der Waals surface area (Å²) < 4.78 is 5.54. The van der Waals surface area contributed by atoms with Gasteiger partial charge < -0.3 is 10.1 Å². The van der Waals surface area contributed by atoms with Crippen LogP contribution in [-0.4, -0.2) is 19.1 Å². The van der Waals surface area contributed by atoms with Crippen LogP contribution < -0.4 is 10.1 Å². The fourth-order valence-electron chi connectivity index (χ4n) is 1.88. The molecule has 0 aliphatic rings. The van der Waals surface area contributed by atoms with Gasteiger partial charge in [-0.05, 0) is 42.5 Å². The summed E-state index contributed by atoms with van der Waals surface area (Å²) in [6, 6.07) is 9.17. The number of carbonyl (C=O) groups excluding carboxylic acids is 1. The van der Waals surface area contributed by atoms with Gasteiger partial charge in [-0.1, -0.05) is 29.3 Å². The molecule has 1 aromatic carbocycles. The van der Waals surface area contributed by atoms with Crippen LogP contribution in [0.4, 0.5) is 0 Å². The van der Waals surface area contributed by atoms with Gasteiger partial charge in [-0.25, -0.2) is 0 Å². The van der Waals surface area contributed by atoms with Gasteiger partial charge in [0, 0.05) is 22.9 Å². The number of halogens is 2. The van der Waals surface area contributed by atoms with Crippen molar-refractivity contribution < 1.29 is 9.53 Å². The van der Waals surface area contributed by atoms with E-state index in [0.29, 0.717) is 41.8 Å². The molecule has 3 nitrogen and oxygen atoms in total. The minimum absolute atomic E-state index is 0.0439. The predicted octanol–water partition coefficient (Wildman–Crippen LogP) is 4.57. The van der Waals surface area contributed by atoms with Crippen molar-refractivity contribution in [3.05, 3.63) is 50.6 Å². The fourth-order valence-corrected chi connectivity index (χ4v) is 3.05. The molecule has 0 unspecified atom stereocenters. The highest BCUT2D eigenvalue weighted by atomic mass is 35.5. The van der Waals surface area contributed by atoms with Crippen LogP contribution in [-0.2, 0) is 11.2 Å². The number of benzene rings is 1. The largest absolute Gasteiger partial charge is 0.492 e. The number of hydrogen-bond donors (Lipinski definition) is 1. The summed E-state index contributed by atoms with van der Waals surface area (Å²) in [7, 11) is 0. The Hall–Kier alpha value is -1.23. The van der Waals surface area contributed by atoms with Crippen molar-refractivity contribution in [1.29, 1.82) is 0 Å². The molecule has 0 atom stereocenters. The summed E-state index contributed by atoms with van der Waals surface area (Å²) in [5, 5.41) is 6.00. The van der Waals surface area contributed by atoms with Gasteiger partial charge in [0.1, 0.15) is 5.75 Å². The number of hydrogen-bond acceptors (Lipinski definition) is 3. The van der Waals surface area contributed by atoms with Crippen molar-refractivity contribution in [2.75, 3.05) is 13.2 Å². The number of amides is 1. The molecule has 2 rings (SSSR count). The highest BCUT2D eigenvalue weighted by Gasteiger charge is 2.04. The molecule has 0 radical (unpaired) electrons. The lowest BCUT2D eigenvalue weighted by Gasteiger charge is -2.08.